The Balaban J connectivity index is 2.47. The summed E-state index contributed by atoms with van der Waals surface area (Å²) in [6.07, 6.45) is 1.76. The van der Waals surface area contributed by atoms with Crippen molar-refractivity contribution < 1.29 is 13.2 Å². The zero-order valence-corrected chi connectivity index (χ0v) is 13.0. The van der Waals surface area contributed by atoms with Gasteiger partial charge in [0.25, 0.3) is 0 Å². The van der Waals surface area contributed by atoms with Crippen LogP contribution in [0.15, 0.2) is 24.3 Å². The second kappa shape index (κ2) is 9.08. The van der Waals surface area contributed by atoms with Gasteiger partial charge in [-0.2, -0.15) is 13.2 Å². The molecule has 1 atom stereocenters. The minimum Gasteiger partial charge on any atom is -0.314 e. The van der Waals surface area contributed by atoms with Gasteiger partial charge < -0.3 is 5.32 Å². The predicted octanol–water partition coefficient (Wildman–Crippen LogP) is 5.20. The lowest BCUT2D eigenvalue weighted by Gasteiger charge is -2.17. The topological polar surface area (TPSA) is 12.0 Å². The summed E-state index contributed by atoms with van der Waals surface area (Å²) in [5, 5.41) is 3.51. The Hall–Kier alpha value is -1.03. The zero-order chi connectivity index (χ0) is 15.7. The van der Waals surface area contributed by atoms with Crippen LogP contribution in [-0.2, 0) is 12.6 Å². The number of alkyl halides is 3. The Morgan fingerprint density at radius 3 is 2.48 bits per heavy atom. The predicted molar refractivity (Wildman–Crippen MR) is 81.4 cm³/mol. The van der Waals surface area contributed by atoms with Crippen LogP contribution in [0, 0.1) is 0 Å². The van der Waals surface area contributed by atoms with Crippen LogP contribution >= 0.6 is 0 Å². The van der Waals surface area contributed by atoms with Gasteiger partial charge in [-0.25, -0.2) is 0 Å². The molecule has 1 rings (SSSR count). The molecular formula is C17H26F3N. The largest absolute Gasteiger partial charge is 0.416 e. The lowest BCUT2D eigenvalue weighted by atomic mass is 10.0. The molecule has 0 fully saturated rings. The maximum atomic E-state index is 12.6. The highest BCUT2D eigenvalue weighted by Crippen LogP contribution is 2.29. The lowest BCUT2D eigenvalue weighted by molar-refractivity contribution is -0.137. The Labute approximate surface area is 125 Å². The van der Waals surface area contributed by atoms with E-state index >= 15 is 0 Å². The molecule has 1 unspecified atom stereocenters. The molecule has 4 heteroatoms. The van der Waals surface area contributed by atoms with E-state index < -0.39 is 11.7 Å². The van der Waals surface area contributed by atoms with Crippen LogP contribution in [0.1, 0.15) is 57.1 Å². The van der Waals surface area contributed by atoms with E-state index in [-0.39, 0.29) is 0 Å². The molecule has 0 saturated heterocycles. The number of hydrogen-bond donors (Lipinski definition) is 1. The van der Waals surface area contributed by atoms with Gasteiger partial charge >= 0.3 is 6.18 Å². The number of aryl methyl sites for hydroxylation is 1. The molecule has 120 valence electrons. The zero-order valence-electron chi connectivity index (χ0n) is 13.0. The molecule has 0 amide bonds. The molecule has 1 aromatic rings. The first kappa shape index (κ1) is 18.0. The second-order valence-corrected chi connectivity index (χ2v) is 5.53. The fourth-order valence-corrected chi connectivity index (χ4v) is 2.50. The minimum atomic E-state index is -4.25. The van der Waals surface area contributed by atoms with Crippen LogP contribution in [0.4, 0.5) is 13.2 Å². The molecule has 0 saturated carbocycles. The number of nitrogens with one attached hydrogen (secondary N) is 1. The lowest BCUT2D eigenvalue weighted by Crippen LogP contribution is -2.29. The average molecular weight is 301 g/mol. The van der Waals surface area contributed by atoms with E-state index in [1.54, 1.807) is 6.07 Å². The summed E-state index contributed by atoms with van der Waals surface area (Å²) in [4.78, 5) is 0. The van der Waals surface area contributed by atoms with Crippen molar-refractivity contribution >= 4 is 0 Å². The summed E-state index contributed by atoms with van der Waals surface area (Å²) in [6.45, 7) is 5.31. The quantitative estimate of drug-likeness (QED) is 0.661. The molecule has 0 bridgehead atoms. The van der Waals surface area contributed by atoms with Crippen molar-refractivity contribution in [1.29, 1.82) is 0 Å². The Morgan fingerprint density at radius 1 is 1.10 bits per heavy atom. The van der Waals surface area contributed by atoms with E-state index in [0.717, 1.165) is 50.3 Å². The smallest absolute Gasteiger partial charge is 0.314 e. The van der Waals surface area contributed by atoms with Crippen molar-refractivity contribution in [3.63, 3.8) is 0 Å². The van der Waals surface area contributed by atoms with Gasteiger partial charge in [-0.3, -0.25) is 0 Å². The third kappa shape index (κ3) is 6.98. The van der Waals surface area contributed by atoms with E-state index in [1.165, 1.54) is 12.1 Å². The minimum absolute atomic E-state index is 0.487. The Bertz CT molecular complexity index is 401. The molecule has 1 nitrogen and oxygen atoms in total. The van der Waals surface area contributed by atoms with Crippen molar-refractivity contribution in [3.8, 4) is 0 Å². The summed E-state index contributed by atoms with van der Waals surface area (Å²) in [5.41, 5.74) is 0.227. The van der Waals surface area contributed by atoms with Gasteiger partial charge in [0.15, 0.2) is 0 Å². The number of halogens is 3. The Morgan fingerprint density at radius 2 is 1.86 bits per heavy atom. The number of rotatable bonds is 9. The van der Waals surface area contributed by atoms with Gasteiger partial charge in [0.05, 0.1) is 5.56 Å². The van der Waals surface area contributed by atoms with E-state index in [2.05, 4.69) is 19.2 Å². The molecule has 0 aliphatic rings. The van der Waals surface area contributed by atoms with Crippen molar-refractivity contribution in [2.45, 2.75) is 64.6 Å². The van der Waals surface area contributed by atoms with Crippen LogP contribution in [0.5, 0.6) is 0 Å². The fraction of sp³-hybridized carbons (Fsp3) is 0.647. The van der Waals surface area contributed by atoms with Gasteiger partial charge in [-0.05, 0) is 50.3 Å². The average Bonchev–Trinajstić information content (AvgIpc) is 2.44. The highest BCUT2D eigenvalue weighted by molar-refractivity contribution is 5.25. The second-order valence-electron chi connectivity index (χ2n) is 5.53. The van der Waals surface area contributed by atoms with Crippen molar-refractivity contribution in [3.05, 3.63) is 35.4 Å². The first-order chi connectivity index (χ1) is 9.97. The number of hydrogen-bond acceptors (Lipinski definition) is 1. The third-order valence-corrected chi connectivity index (χ3v) is 3.59. The molecule has 0 heterocycles. The number of benzene rings is 1. The first-order valence-corrected chi connectivity index (χ1v) is 7.86. The van der Waals surface area contributed by atoms with Crippen LogP contribution in [-0.4, -0.2) is 12.6 Å². The maximum Gasteiger partial charge on any atom is 0.416 e. The maximum absolute atomic E-state index is 12.6. The summed E-state index contributed by atoms with van der Waals surface area (Å²) in [5.74, 6) is 0. The van der Waals surface area contributed by atoms with Crippen LogP contribution in [0.3, 0.4) is 0 Å². The van der Waals surface area contributed by atoms with E-state index in [4.69, 9.17) is 0 Å². The molecule has 0 aromatic heterocycles. The third-order valence-electron chi connectivity index (χ3n) is 3.59. The molecule has 1 aromatic carbocycles. The molecular weight excluding hydrogens is 275 g/mol. The summed E-state index contributed by atoms with van der Waals surface area (Å²) in [6, 6.07) is 6.17. The van der Waals surface area contributed by atoms with Crippen LogP contribution in [0.25, 0.3) is 0 Å². The molecule has 0 spiro atoms. The summed E-state index contributed by atoms with van der Waals surface area (Å²) in [7, 11) is 0. The highest BCUT2D eigenvalue weighted by Gasteiger charge is 2.30. The van der Waals surface area contributed by atoms with Crippen LogP contribution < -0.4 is 5.32 Å². The standard InChI is InChI=1S/C17H26F3N/c1-3-7-16(21-12-4-2)11-6-9-14-8-5-10-15(13-14)17(18,19)20/h5,8,10,13,16,21H,3-4,6-7,9,11-12H2,1-2H3. The summed E-state index contributed by atoms with van der Waals surface area (Å²) >= 11 is 0. The highest BCUT2D eigenvalue weighted by atomic mass is 19.4. The SMILES string of the molecule is CCCNC(CCC)CCCc1cccc(C(F)(F)F)c1. The van der Waals surface area contributed by atoms with E-state index in [0.29, 0.717) is 12.5 Å². The van der Waals surface area contributed by atoms with E-state index in [1.807, 2.05) is 0 Å². The fourth-order valence-electron chi connectivity index (χ4n) is 2.50. The van der Waals surface area contributed by atoms with Crippen LogP contribution in [0.2, 0.25) is 0 Å². The molecule has 1 N–H and O–H groups in total. The van der Waals surface area contributed by atoms with Crippen molar-refractivity contribution in [2.24, 2.45) is 0 Å². The van der Waals surface area contributed by atoms with Gasteiger partial charge in [0.2, 0.25) is 0 Å². The van der Waals surface area contributed by atoms with Gasteiger partial charge in [0.1, 0.15) is 0 Å². The summed E-state index contributed by atoms with van der Waals surface area (Å²) < 4.78 is 37.9. The van der Waals surface area contributed by atoms with Crippen molar-refractivity contribution in [2.75, 3.05) is 6.54 Å². The van der Waals surface area contributed by atoms with E-state index in [9.17, 15) is 13.2 Å². The monoisotopic (exact) mass is 301 g/mol. The van der Waals surface area contributed by atoms with Gasteiger partial charge in [-0.1, -0.05) is 38.5 Å². The molecule has 21 heavy (non-hydrogen) atoms. The molecule has 0 radical (unpaired) electrons. The van der Waals surface area contributed by atoms with Crippen molar-refractivity contribution in [1.82, 2.24) is 5.32 Å². The normalized spacial score (nSPS) is 13.4. The molecule has 0 aliphatic heterocycles. The first-order valence-electron chi connectivity index (χ1n) is 7.86. The Kier molecular flexibility index (Phi) is 7.79. The van der Waals surface area contributed by atoms with Gasteiger partial charge in [-0.15, -0.1) is 0 Å². The van der Waals surface area contributed by atoms with Gasteiger partial charge in [0, 0.05) is 6.04 Å². The molecule has 0 aliphatic carbocycles.